The SMILES string of the molecule is CN1C[C@H](C2c3cc(F)ccc3CCc3ccc(F)cc32)N2N=CC(O)C(O)=C2C1=O. The minimum Gasteiger partial charge on any atom is -0.507 e. The van der Waals surface area contributed by atoms with Crippen molar-refractivity contribution in [3.8, 4) is 0 Å². The highest BCUT2D eigenvalue weighted by Gasteiger charge is 2.45. The molecule has 1 unspecified atom stereocenters. The van der Waals surface area contributed by atoms with Gasteiger partial charge in [-0.2, -0.15) is 5.10 Å². The Morgan fingerprint density at radius 3 is 2.19 bits per heavy atom. The van der Waals surface area contributed by atoms with Crippen molar-refractivity contribution in [2.45, 2.75) is 30.9 Å². The number of carbonyl (C=O) groups excluding carboxylic acids is 1. The molecular weight excluding hydrogens is 404 g/mol. The summed E-state index contributed by atoms with van der Waals surface area (Å²) < 4.78 is 28.7. The predicted molar refractivity (Wildman–Crippen MR) is 109 cm³/mol. The molecule has 2 aromatic rings. The van der Waals surface area contributed by atoms with Crippen LogP contribution < -0.4 is 0 Å². The van der Waals surface area contributed by atoms with Gasteiger partial charge >= 0.3 is 0 Å². The molecule has 0 aromatic heterocycles. The second-order valence-corrected chi connectivity index (χ2v) is 8.20. The molecular formula is C23H21F2N3O3. The summed E-state index contributed by atoms with van der Waals surface area (Å²) in [5, 5.41) is 26.1. The van der Waals surface area contributed by atoms with E-state index in [1.165, 1.54) is 34.2 Å². The summed E-state index contributed by atoms with van der Waals surface area (Å²) in [5.41, 5.74) is 3.18. The number of aliphatic hydroxyl groups is 2. The molecule has 0 bridgehead atoms. The number of aliphatic hydroxyl groups excluding tert-OH is 2. The fraction of sp³-hybridized carbons (Fsp3) is 0.304. The average molecular weight is 425 g/mol. The molecule has 1 aliphatic carbocycles. The van der Waals surface area contributed by atoms with E-state index in [2.05, 4.69) is 5.10 Å². The Morgan fingerprint density at radius 2 is 1.61 bits per heavy atom. The van der Waals surface area contributed by atoms with E-state index >= 15 is 0 Å². The molecule has 2 N–H and O–H groups in total. The number of nitrogens with zero attached hydrogens (tertiary/aromatic N) is 3. The van der Waals surface area contributed by atoms with Crippen LogP contribution in [0.5, 0.6) is 0 Å². The Labute approximate surface area is 177 Å². The maximum absolute atomic E-state index is 14.3. The molecule has 2 aromatic carbocycles. The fourth-order valence-electron chi connectivity index (χ4n) is 4.87. The molecule has 160 valence electrons. The van der Waals surface area contributed by atoms with Crippen LogP contribution in [0.25, 0.3) is 0 Å². The quantitative estimate of drug-likeness (QED) is 0.736. The van der Waals surface area contributed by atoms with Gasteiger partial charge in [0.15, 0.2) is 11.5 Å². The standard InChI is InChI=1S/C23H21F2N3O3/c1-27-11-18(28-21(23(27)31)22(30)19(29)10-26-28)20-16-8-14(24)6-4-12(16)2-3-13-5-7-15(25)9-17(13)20/h4-10,18-20,29-30H,2-3,11H2,1H3/t18-,19?/m1/s1. The lowest BCUT2D eigenvalue weighted by atomic mass is 9.80. The first kappa shape index (κ1) is 19.7. The molecule has 5 rings (SSSR count). The zero-order valence-electron chi connectivity index (χ0n) is 16.8. The monoisotopic (exact) mass is 425 g/mol. The molecule has 2 aliphatic heterocycles. The minimum atomic E-state index is -1.38. The Balaban J connectivity index is 1.74. The number of aryl methyl sites for hydroxylation is 2. The highest BCUT2D eigenvalue weighted by molar-refractivity contribution is 5.96. The molecule has 6 nitrogen and oxygen atoms in total. The lowest BCUT2D eigenvalue weighted by molar-refractivity contribution is -0.132. The van der Waals surface area contributed by atoms with E-state index in [4.69, 9.17) is 0 Å². The summed E-state index contributed by atoms with van der Waals surface area (Å²) in [4.78, 5) is 14.2. The number of halogens is 2. The highest BCUT2D eigenvalue weighted by Crippen LogP contribution is 2.42. The largest absolute Gasteiger partial charge is 0.507 e. The van der Waals surface area contributed by atoms with Gasteiger partial charge in [-0.3, -0.25) is 9.80 Å². The third-order valence-electron chi connectivity index (χ3n) is 6.34. The van der Waals surface area contributed by atoms with E-state index in [9.17, 15) is 23.8 Å². The van der Waals surface area contributed by atoms with Gasteiger partial charge in [-0.15, -0.1) is 0 Å². The zero-order chi connectivity index (χ0) is 21.9. The van der Waals surface area contributed by atoms with Gasteiger partial charge in [0.1, 0.15) is 17.7 Å². The van der Waals surface area contributed by atoms with Crippen LogP contribution in [-0.2, 0) is 17.6 Å². The maximum atomic E-state index is 14.3. The Hall–Kier alpha value is -3.26. The van der Waals surface area contributed by atoms with Crippen molar-refractivity contribution >= 4 is 12.1 Å². The number of hydrogen-bond acceptors (Lipinski definition) is 5. The lowest BCUT2D eigenvalue weighted by Gasteiger charge is -2.45. The van der Waals surface area contributed by atoms with Crippen molar-refractivity contribution in [1.82, 2.24) is 9.91 Å². The first-order valence-corrected chi connectivity index (χ1v) is 10.1. The van der Waals surface area contributed by atoms with Crippen molar-refractivity contribution in [3.05, 3.63) is 81.7 Å². The molecule has 3 aliphatic rings. The van der Waals surface area contributed by atoms with Gasteiger partial charge in [-0.25, -0.2) is 8.78 Å². The third-order valence-corrected chi connectivity index (χ3v) is 6.34. The number of piperazine rings is 1. The molecule has 31 heavy (non-hydrogen) atoms. The Morgan fingerprint density at radius 1 is 1.03 bits per heavy atom. The summed E-state index contributed by atoms with van der Waals surface area (Å²) in [5.74, 6) is -2.27. The van der Waals surface area contributed by atoms with Gasteiger partial charge in [0, 0.05) is 19.5 Å². The number of hydrazone groups is 1. The number of benzene rings is 2. The molecule has 8 heteroatoms. The van der Waals surface area contributed by atoms with Crippen LogP contribution in [0.4, 0.5) is 8.78 Å². The zero-order valence-corrected chi connectivity index (χ0v) is 16.8. The van der Waals surface area contributed by atoms with E-state index in [1.54, 1.807) is 19.2 Å². The molecule has 2 atom stereocenters. The Bertz CT molecular complexity index is 1090. The second-order valence-electron chi connectivity index (χ2n) is 8.20. The minimum absolute atomic E-state index is 0.117. The molecule has 0 spiro atoms. The van der Waals surface area contributed by atoms with Crippen molar-refractivity contribution < 1.29 is 23.8 Å². The topological polar surface area (TPSA) is 76.4 Å². The molecule has 0 saturated carbocycles. The fourth-order valence-corrected chi connectivity index (χ4v) is 4.87. The van der Waals surface area contributed by atoms with Crippen molar-refractivity contribution in [2.75, 3.05) is 13.6 Å². The van der Waals surface area contributed by atoms with Crippen molar-refractivity contribution in [1.29, 1.82) is 0 Å². The van der Waals surface area contributed by atoms with Crippen LogP contribution in [0.3, 0.4) is 0 Å². The van der Waals surface area contributed by atoms with Gasteiger partial charge in [-0.1, -0.05) is 12.1 Å². The summed E-state index contributed by atoms with van der Waals surface area (Å²) in [6.07, 6.45) is 1.11. The summed E-state index contributed by atoms with van der Waals surface area (Å²) in [7, 11) is 1.59. The normalized spacial score (nSPS) is 23.4. The van der Waals surface area contributed by atoms with Crippen LogP contribution in [0.15, 0.2) is 53.0 Å². The first-order chi connectivity index (χ1) is 14.8. The van der Waals surface area contributed by atoms with Crippen LogP contribution in [0.2, 0.25) is 0 Å². The van der Waals surface area contributed by atoms with Gasteiger partial charge in [0.25, 0.3) is 5.91 Å². The third kappa shape index (κ3) is 3.09. The van der Waals surface area contributed by atoms with Crippen LogP contribution in [-0.4, -0.2) is 58.0 Å². The first-order valence-electron chi connectivity index (χ1n) is 10.1. The average Bonchev–Trinajstić information content (AvgIpc) is 2.89. The van der Waals surface area contributed by atoms with E-state index in [0.29, 0.717) is 24.0 Å². The number of rotatable bonds is 1. The predicted octanol–water partition coefficient (Wildman–Crippen LogP) is 2.47. The van der Waals surface area contributed by atoms with Crippen LogP contribution in [0, 0.1) is 11.6 Å². The maximum Gasteiger partial charge on any atom is 0.275 e. The molecule has 2 heterocycles. The summed E-state index contributed by atoms with van der Waals surface area (Å²) in [6.45, 7) is 0.222. The smallest absolute Gasteiger partial charge is 0.275 e. The molecule has 0 radical (unpaired) electrons. The highest BCUT2D eigenvalue weighted by atomic mass is 19.1. The van der Waals surface area contributed by atoms with E-state index in [-0.39, 0.29) is 12.2 Å². The van der Waals surface area contributed by atoms with Gasteiger partial charge in [0.2, 0.25) is 0 Å². The number of hydrogen-bond donors (Lipinski definition) is 2. The van der Waals surface area contributed by atoms with E-state index in [1.807, 2.05) is 0 Å². The number of likely N-dealkylation sites (N-methyl/N-ethyl adjacent to an activating group) is 1. The second kappa shape index (κ2) is 7.16. The molecule has 1 fully saturated rings. The van der Waals surface area contributed by atoms with Crippen LogP contribution >= 0.6 is 0 Å². The number of carbonyl (C=O) groups is 1. The molecule has 1 amide bonds. The van der Waals surface area contributed by atoms with Crippen molar-refractivity contribution in [3.63, 3.8) is 0 Å². The van der Waals surface area contributed by atoms with Gasteiger partial charge in [0.05, 0.1) is 12.3 Å². The van der Waals surface area contributed by atoms with Gasteiger partial charge in [-0.05, 0) is 59.4 Å². The van der Waals surface area contributed by atoms with E-state index in [0.717, 1.165) is 17.3 Å². The van der Waals surface area contributed by atoms with Crippen LogP contribution in [0.1, 0.15) is 28.2 Å². The summed E-state index contributed by atoms with van der Waals surface area (Å²) >= 11 is 0. The molecule has 1 saturated heterocycles. The van der Waals surface area contributed by atoms with E-state index < -0.39 is 41.4 Å². The lowest BCUT2D eigenvalue weighted by Crippen LogP contribution is -2.55. The van der Waals surface area contributed by atoms with Crippen molar-refractivity contribution in [2.24, 2.45) is 5.10 Å². The van der Waals surface area contributed by atoms with Gasteiger partial charge < -0.3 is 15.1 Å². The summed E-state index contributed by atoms with van der Waals surface area (Å²) in [6, 6.07) is 8.70. The number of amides is 1. The number of fused-ring (bicyclic) bond motifs is 3. The Kier molecular flexibility index (Phi) is 4.55.